The molecule has 9 aromatic rings. The first-order valence-corrected chi connectivity index (χ1v) is 16.5. The molecule has 0 spiro atoms. The van der Waals surface area contributed by atoms with Gasteiger partial charge in [0, 0.05) is 33.0 Å². The highest BCUT2D eigenvalue weighted by atomic mass is 15.0. The zero-order chi connectivity index (χ0) is 32.6. The lowest BCUT2D eigenvalue weighted by molar-refractivity contribution is 1.07. The molecule has 2 heterocycles. The second kappa shape index (κ2) is 12.2. The van der Waals surface area contributed by atoms with E-state index in [1.807, 2.05) is 60.7 Å². The predicted octanol–water partition coefficient (Wildman–Crippen LogP) is 11.3. The van der Waals surface area contributed by atoms with Gasteiger partial charge in [-0.05, 0) is 41.0 Å². The molecule has 0 saturated heterocycles. The summed E-state index contributed by atoms with van der Waals surface area (Å²) in [6.45, 7) is 0. The van der Waals surface area contributed by atoms with Gasteiger partial charge in [0.2, 0.25) is 0 Å². The third kappa shape index (κ3) is 5.16. The zero-order valence-corrected chi connectivity index (χ0v) is 26.6. The zero-order valence-electron chi connectivity index (χ0n) is 26.6. The Morgan fingerprint density at radius 1 is 0.306 bits per heavy atom. The molecule has 0 atom stereocenters. The van der Waals surface area contributed by atoms with Crippen LogP contribution in [-0.2, 0) is 0 Å². The fraction of sp³-hybridized carbons (Fsp3) is 0. The van der Waals surface area contributed by atoms with E-state index in [0.29, 0.717) is 17.5 Å². The van der Waals surface area contributed by atoms with E-state index in [2.05, 4.69) is 126 Å². The lowest BCUT2D eigenvalue weighted by Gasteiger charge is -2.20. The van der Waals surface area contributed by atoms with Crippen molar-refractivity contribution in [2.75, 3.05) is 0 Å². The first-order chi connectivity index (χ1) is 24.3. The molecule has 0 aliphatic rings. The van der Waals surface area contributed by atoms with Crippen LogP contribution in [0, 0.1) is 0 Å². The van der Waals surface area contributed by atoms with Crippen LogP contribution in [0.2, 0.25) is 0 Å². The molecule has 0 saturated carbocycles. The SMILES string of the molecule is c1ccc(-c2nc(-c3ccccc3)nc(-c3cc(-c4ccccc4)c(-n4c5ccccc5c5ccccc54)cc3-c3ccccc3)n2)cc1. The average Bonchev–Trinajstić information content (AvgIpc) is 3.53. The van der Waals surface area contributed by atoms with Crippen LogP contribution < -0.4 is 0 Å². The van der Waals surface area contributed by atoms with Gasteiger partial charge in [0.25, 0.3) is 0 Å². The van der Waals surface area contributed by atoms with Crippen molar-refractivity contribution in [1.82, 2.24) is 19.5 Å². The first kappa shape index (κ1) is 28.6. The monoisotopic (exact) mass is 626 g/mol. The Morgan fingerprint density at radius 3 is 1.18 bits per heavy atom. The molecule has 0 aliphatic heterocycles. The Kier molecular flexibility index (Phi) is 7.10. The minimum atomic E-state index is 0.623. The standard InChI is InChI=1S/C45H30N4/c1-5-17-31(18-6-1)37-30-42(49-40-27-15-13-25-35(40)36-26-14-16-28-41(36)49)38(32-19-7-2-8-20-32)29-39(37)45-47-43(33-21-9-3-10-22-33)46-44(48-45)34-23-11-4-12-24-34/h1-30H. The van der Waals surface area contributed by atoms with Crippen molar-refractivity contribution in [1.29, 1.82) is 0 Å². The molecular formula is C45H30N4. The predicted molar refractivity (Wildman–Crippen MR) is 201 cm³/mol. The molecule has 0 fully saturated rings. The summed E-state index contributed by atoms with van der Waals surface area (Å²) >= 11 is 0. The van der Waals surface area contributed by atoms with Gasteiger partial charge in [-0.15, -0.1) is 0 Å². The number of nitrogens with zero attached hydrogens (tertiary/aromatic N) is 4. The molecule has 7 aromatic carbocycles. The number of para-hydroxylation sites is 2. The minimum Gasteiger partial charge on any atom is -0.309 e. The maximum atomic E-state index is 5.18. The highest BCUT2D eigenvalue weighted by molar-refractivity contribution is 6.10. The number of benzene rings is 7. The molecule has 0 aliphatic carbocycles. The Morgan fingerprint density at radius 2 is 0.694 bits per heavy atom. The largest absolute Gasteiger partial charge is 0.309 e. The van der Waals surface area contributed by atoms with E-state index in [-0.39, 0.29) is 0 Å². The molecule has 0 N–H and O–H groups in total. The Balaban J connectivity index is 1.40. The summed E-state index contributed by atoms with van der Waals surface area (Å²) in [4.78, 5) is 15.3. The molecule has 0 amide bonds. The molecule has 0 radical (unpaired) electrons. The fourth-order valence-electron chi connectivity index (χ4n) is 6.77. The number of hydrogen-bond donors (Lipinski definition) is 0. The van der Waals surface area contributed by atoms with Crippen LogP contribution >= 0.6 is 0 Å². The molecule has 2 aromatic heterocycles. The van der Waals surface area contributed by atoms with Crippen molar-refractivity contribution in [2.24, 2.45) is 0 Å². The van der Waals surface area contributed by atoms with Crippen molar-refractivity contribution in [2.45, 2.75) is 0 Å². The van der Waals surface area contributed by atoms with Crippen LogP contribution in [0.25, 0.3) is 83.9 Å². The third-order valence-electron chi connectivity index (χ3n) is 9.07. The summed E-state index contributed by atoms with van der Waals surface area (Å²) in [6.07, 6.45) is 0. The number of hydrogen-bond acceptors (Lipinski definition) is 3. The van der Waals surface area contributed by atoms with E-state index < -0.39 is 0 Å². The van der Waals surface area contributed by atoms with Gasteiger partial charge >= 0.3 is 0 Å². The second-order valence-electron chi connectivity index (χ2n) is 12.1. The van der Waals surface area contributed by atoms with Gasteiger partial charge in [-0.25, -0.2) is 15.0 Å². The summed E-state index contributed by atoms with van der Waals surface area (Å²) in [5.41, 5.74) is 10.5. The number of rotatable bonds is 6. The van der Waals surface area contributed by atoms with E-state index in [9.17, 15) is 0 Å². The van der Waals surface area contributed by atoms with Crippen molar-refractivity contribution in [3.05, 3.63) is 182 Å². The smallest absolute Gasteiger partial charge is 0.164 e. The van der Waals surface area contributed by atoms with Crippen molar-refractivity contribution in [3.8, 4) is 62.1 Å². The summed E-state index contributed by atoms with van der Waals surface area (Å²) in [7, 11) is 0. The fourth-order valence-corrected chi connectivity index (χ4v) is 6.77. The highest BCUT2D eigenvalue weighted by Crippen LogP contribution is 2.42. The summed E-state index contributed by atoms with van der Waals surface area (Å²) in [5.74, 6) is 1.89. The van der Waals surface area contributed by atoms with Gasteiger partial charge < -0.3 is 4.57 Å². The van der Waals surface area contributed by atoms with Gasteiger partial charge in [0.05, 0.1) is 16.7 Å². The lowest BCUT2D eigenvalue weighted by Crippen LogP contribution is -2.03. The third-order valence-corrected chi connectivity index (χ3v) is 9.07. The van der Waals surface area contributed by atoms with Crippen LogP contribution in [0.3, 0.4) is 0 Å². The summed E-state index contributed by atoms with van der Waals surface area (Å²) in [6, 6.07) is 63.4. The van der Waals surface area contributed by atoms with Gasteiger partial charge in [-0.3, -0.25) is 0 Å². The molecule has 4 heteroatoms. The minimum absolute atomic E-state index is 0.623. The maximum Gasteiger partial charge on any atom is 0.164 e. The molecule has 0 bridgehead atoms. The van der Waals surface area contributed by atoms with Gasteiger partial charge in [-0.2, -0.15) is 0 Å². The normalized spacial score (nSPS) is 11.3. The van der Waals surface area contributed by atoms with Crippen LogP contribution in [0.1, 0.15) is 0 Å². The molecule has 230 valence electrons. The molecule has 49 heavy (non-hydrogen) atoms. The lowest BCUT2D eigenvalue weighted by atomic mass is 9.92. The molecule has 4 nitrogen and oxygen atoms in total. The van der Waals surface area contributed by atoms with Crippen molar-refractivity contribution < 1.29 is 0 Å². The molecule has 9 rings (SSSR count). The molecule has 0 unspecified atom stereocenters. The second-order valence-corrected chi connectivity index (χ2v) is 12.1. The van der Waals surface area contributed by atoms with Crippen LogP contribution in [-0.4, -0.2) is 19.5 Å². The van der Waals surface area contributed by atoms with E-state index in [4.69, 9.17) is 15.0 Å². The Labute approximate surface area is 284 Å². The summed E-state index contributed by atoms with van der Waals surface area (Å²) < 4.78 is 2.40. The van der Waals surface area contributed by atoms with Gasteiger partial charge in [0.15, 0.2) is 17.5 Å². The maximum absolute atomic E-state index is 5.18. The van der Waals surface area contributed by atoms with Crippen LogP contribution in [0.5, 0.6) is 0 Å². The van der Waals surface area contributed by atoms with Crippen LogP contribution in [0.15, 0.2) is 182 Å². The number of fused-ring (bicyclic) bond motifs is 3. The highest BCUT2D eigenvalue weighted by Gasteiger charge is 2.22. The Hall–Kier alpha value is -6.65. The van der Waals surface area contributed by atoms with E-state index in [1.165, 1.54) is 10.8 Å². The van der Waals surface area contributed by atoms with Gasteiger partial charge in [-0.1, -0.05) is 158 Å². The Bertz CT molecular complexity index is 2470. The van der Waals surface area contributed by atoms with E-state index in [1.54, 1.807) is 0 Å². The van der Waals surface area contributed by atoms with E-state index >= 15 is 0 Å². The van der Waals surface area contributed by atoms with Gasteiger partial charge in [0.1, 0.15) is 0 Å². The first-order valence-electron chi connectivity index (χ1n) is 16.5. The quantitative estimate of drug-likeness (QED) is 0.184. The molecular weight excluding hydrogens is 597 g/mol. The van der Waals surface area contributed by atoms with E-state index in [0.717, 1.165) is 55.7 Å². The average molecular weight is 627 g/mol. The van der Waals surface area contributed by atoms with Crippen LogP contribution in [0.4, 0.5) is 0 Å². The van der Waals surface area contributed by atoms with Crippen molar-refractivity contribution >= 4 is 21.8 Å². The summed E-state index contributed by atoms with van der Waals surface area (Å²) in [5, 5.41) is 2.44. The van der Waals surface area contributed by atoms with Crippen molar-refractivity contribution in [3.63, 3.8) is 0 Å². The number of aromatic nitrogens is 4. The topological polar surface area (TPSA) is 43.6 Å².